The Labute approximate surface area is 183 Å². The zero-order valence-corrected chi connectivity index (χ0v) is 18.0. The van der Waals surface area contributed by atoms with E-state index < -0.39 is 0 Å². The van der Waals surface area contributed by atoms with Crippen molar-refractivity contribution in [1.82, 2.24) is 0 Å². The third-order valence-electron chi connectivity index (χ3n) is 5.65. The van der Waals surface area contributed by atoms with Crippen molar-refractivity contribution in [2.75, 3.05) is 12.4 Å². The highest BCUT2D eigenvalue weighted by Crippen LogP contribution is 2.32. The van der Waals surface area contributed by atoms with Gasteiger partial charge >= 0.3 is 5.97 Å². The van der Waals surface area contributed by atoms with E-state index in [9.17, 15) is 4.79 Å². The number of carbonyl (C=O) groups excluding carboxylic acids is 1. The summed E-state index contributed by atoms with van der Waals surface area (Å²) in [5.41, 5.74) is 7.26. The van der Waals surface area contributed by atoms with Crippen molar-refractivity contribution in [3.05, 3.63) is 102 Å². The number of hydrogen-bond donors (Lipinski definition) is 1. The maximum absolute atomic E-state index is 11.3. The van der Waals surface area contributed by atoms with E-state index in [0.29, 0.717) is 12.8 Å². The number of ether oxygens (including phenoxy) is 1. The zero-order chi connectivity index (χ0) is 21.6. The zero-order valence-electron chi connectivity index (χ0n) is 18.0. The SMILES string of the molecule is COC(=O)CCc1ccc(NCc2cccc(-c3c(C)ccc4ccccc34)c2)cc1. The van der Waals surface area contributed by atoms with Crippen molar-refractivity contribution in [2.45, 2.75) is 26.3 Å². The van der Waals surface area contributed by atoms with Crippen molar-refractivity contribution in [3.8, 4) is 11.1 Å². The molecule has 0 bridgehead atoms. The first kappa shape index (κ1) is 20.7. The Morgan fingerprint density at radius 2 is 1.68 bits per heavy atom. The van der Waals surface area contributed by atoms with Crippen molar-refractivity contribution in [1.29, 1.82) is 0 Å². The van der Waals surface area contributed by atoms with Crippen LogP contribution in [0, 0.1) is 6.92 Å². The van der Waals surface area contributed by atoms with Gasteiger partial charge in [-0.15, -0.1) is 0 Å². The van der Waals surface area contributed by atoms with Gasteiger partial charge in [-0.3, -0.25) is 4.79 Å². The number of rotatable bonds is 7. The molecule has 0 fully saturated rings. The first-order chi connectivity index (χ1) is 15.1. The van der Waals surface area contributed by atoms with Crippen LogP contribution in [0.25, 0.3) is 21.9 Å². The molecule has 0 saturated carbocycles. The Bertz CT molecular complexity index is 1200. The summed E-state index contributed by atoms with van der Waals surface area (Å²) in [7, 11) is 1.42. The molecule has 31 heavy (non-hydrogen) atoms. The molecule has 0 unspecified atom stereocenters. The fourth-order valence-corrected chi connectivity index (χ4v) is 3.94. The largest absolute Gasteiger partial charge is 0.469 e. The molecular formula is C28H27NO2. The van der Waals surface area contributed by atoms with Crippen molar-refractivity contribution in [3.63, 3.8) is 0 Å². The molecular weight excluding hydrogens is 382 g/mol. The van der Waals surface area contributed by atoms with Gasteiger partial charge in [-0.1, -0.05) is 66.7 Å². The van der Waals surface area contributed by atoms with Gasteiger partial charge in [0.25, 0.3) is 0 Å². The molecule has 0 aromatic heterocycles. The third-order valence-corrected chi connectivity index (χ3v) is 5.65. The highest BCUT2D eigenvalue weighted by Gasteiger charge is 2.08. The van der Waals surface area contributed by atoms with E-state index >= 15 is 0 Å². The molecule has 1 N–H and O–H groups in total. The normalized spacial score (nSPS) is 10.8. The van der Waals surface area contributed by atoms with Crippen LogP contribution in [-0.4, -0.2) is 13.1 Å². The van der Waals surface area contributed by atoms with Crippen LogP contribution >= 0.6 is 0 Å². The lowest BCUT2D eigenvalue weighted by atomic mass is 9.93. The van der Waals surface area contributed by atoms with Crippen molar-refractivity contribution in [2.24, 2.45) is 0 Å². The number of benzene rings is 4. The molecule has 0 atom stereocenters. The van der Waals surface area contributed by atoms with Gasteiger partial charge in [-0.2, -0.15) is 0 Å². The number of hydrogen-bond acceptors (Lipinski definition) is 3. The van der Waals surface area contributed by atoms with Gasteiger partial charge in [-0.25, -0.2) is 0 Å². The first-order valence-electron chi connectivity index (χ1n) is 10.6. The second-order valence-electron chi connectivity index (χ2n) is 7.81. The van der Waals surface area contributed by atoms with Crippen molar-refractivity contribution < 1.29 is 9.53 Å². The number of anilines is 1. The molecule has 0 aliphatic carbocycles. The molecule has 156 valence electrons. The van der Waals surface area contributed by atoms with Crippen LogP contribution < -0.4 is 5.32 Å². The van der Waals surface area contributed by atoms with Gasteiger partial charge in [0.15, 0.2) is 0 Å². The van der Waals surface area contributed by atoms with E-state index in [4.69, 9.17) is 4.74 Å². The van der Waals surface area contributed by atoms with Crippen LogP contribution in [0.2, 0.25) is 0 Å². The van der Waals surface area contributed by atoms with Crippen LogP contribution in [0.5, 0.6) is 0 Å². The van der Waals surface area contributed by atoms with E-state index in [1.54, 1.807) is 0 Å². The smallest absolute Gasteiger partial charge is 0.305 e. The standard InChI is InChI=1S/C28H27NO2/c1-20-10-14-23-7-3-4-9-26(23)28(20)24-8-5-6-22(18-24)19-29-25-15-11-21(12-16-25)13-17-27(30)31-2/h3-12,14-16,18,29H,13,17,19H2,1-2H3. The van der Waals surface area contributed by atoms with Crippen LogP contribution in [0.4, 0.5) is 5.69 Å². The number of nitrogens with one attached hydrogen (secondary N) is 1. The molecule has 0 aliphatic rings. The van der Waals surface area contributed by atoms with Crippen LogP contribution in [0.3, 0.4) is 0 Å². The summed E-state index contributed by atoms with van der Waals surface area (Å²) in [5.74, 6) is -0.177. The van der Waals surface area contributed by atoms with Gasteiger partial charge in [0.2, 0.25) is 0 Å². The Morgan fingerprint density at radius 1 is 0.871 bits per heavy atom. The fraction of sp³-hybridized carbons (Fsp3) is 0.179. The summed E-state index contributed by atoms with van der Waals surface area (Å²) in [6.45, 7) is 2.92. The fourth-order valence-electron chi connectivity index (χ4n) is 3.94. The summed E-state index contributed by atoms with van der Waals surface area (Å²) >= 11 is 0. The Kier molecular flexibility index (Phi) is 6.32. The minimum atomic E-state index is -0.177. The van der Waals surface area contributed by atoms with E-state index in [-0.39, 0.29) is 5.97 Å². The number of carbonyl (C=O) groups is 1. The highest BCUT2D eigenvalue weighted by atomic mass is 16.5. The lowest BCUT2D eigenvalue weighted by molar-refractivity contribution is -0.140. The van der Waals surface area contributed by atoms with Gasteiger partial charge < -0.3 is 10.1 Å². The summed E-state index contributed by atoms with van der Waals surface area (Å²) < 4.78 is 4.70. The Hall–Kier alpha value is -3.59. The molecule has 4 aromatic carbocycles. The number of aryl methyl sites for hydroxylation is 2. The van der Waals surface area contributed by atoms with Gasteiger partial charge in [-0.05, 0) is 70.1 Å². The molecule has 3 heteroatoms. The average Bonchev–Trinajstić information content (AvgIpc) is 2.82. The van der Waals surface area contributed by atoms with Crippen LogP contribution in [0.1, 0.15) is 23.1 Å². The molecule has 0 heterocycles. The summed E-state index contributed by atoms with van der Waals surface area (Å²) in [5, 5.41) is 6.05. The molecule has 0 aliphatic heterocycles. The number of fused-ring (bicyclic) bond motifs is 1. The van der Waals surface area contributed by atoms with Crippen LogP contribution in [-0.2, 0) is 22.5 Å². The van der Waals surface area contributed by atoms with Gasteiger partial charge in [0.05, 0.1) is 7.11 Å². The summed E-state index contributed by atoms with van der Waals surface area (Å²) in [6.07, 6.45) is 1.10. The third kappa shape index (κ3) is 4.95. The number of methoxy groups -OCH3 is 1. The predicted octanol–water partition coefficient (Wildman–Crippen LogP) is 6.53. The maximum Gasteiger partial charge on any atom is 0.305 e. The lowest BCUT2D eigenvalue weighted by Gasteiger charge is -2.13. The maximum atomic E-state index is 11.3. The second-order valence-corrected chi connectivity index (χ2v) is 7.81. The van der Waals surface area contributed by atoms with E-state index in [1.807, 2.05) is 0 Å². The highest BCUT2D eigenvalue weighted by molar-refractivity contribution is 5.98. The molecule has 3 nitrogen and oxygen atoms in total. The Balaban J connectivity index is 1.48. The van der Waals surface area contributed by atoms with Gasteiger partial charge in [0.1, 0.15) is 0 Å². The van der Waals surface area contributed by atoms with E-state index in [1.165, 1.54) is 40.1 Å². The van der Waals surface area contributed by atoms with Crippen molar-refractivity contribution >= 4 is 22.4 Å². The lowest BCUT2D eigenvalue weighted by Crippen LogP contribution is -2.02. The minimum Gasteiger partial charge on any atom is -0.469 e. The van der Waals surface area contributed by atoms with Gasteiger partial charge in [0, 0.05) is 18.7 Å². The quantitative estimate of drug-likeness (QED) is 0.353. The van der Waals surface area contributed by atoms with Crippen LogP contribution in [0.15, 0.2) is 84.9 Å². The molecule has 0 saturated heterocycles. The molecule has 0 radical (unpaired) electrons. The minimum absolute atomic E-state index is 0.177. The molecule has 0 spiro atoms. The second kappa shape index (κ2) is 9.48. The molecule has 4 aromatic rings. The monoisotopic (exact) mass is 409 g/mol. The predicted molar refractivity (Wildman–Crippen MR) is 128 cm³/mol. The number of esters is 1. The molecule has 0 amide bonds. The molecule has 4 rings (SSSR count). The Morgan fingerprint density at radius 3 is 2.48 bits per heavy atom. The van der Waals surface area contributed by atoms with E-state index in [2.05, 4.69) is 97.2 Å². The van der Waals surface area contributed by atoms with E-state index in [0.717, 1.165) is 17.8 Å². The first-order valence-corrected chi connectivity index (χ1v) is 10.6. The summed E-state index contributed by atoms with van der Waals surface area (Å²) in [6, 6.07) is 29.9. The topological polar surface area (TPSA) is 38.3 Å². The average molecular weight is 410 g/mol. The summed E-state index contributed by atoms with van der Waals surface area (Å²) in [4.78, 5) is 11.3.